The lowest BCUT2D eigenvalue weighted by Crippen LogP contribution is -2.42. The van der Waals surface area contributed by atoms with Crippen LogP contribution in [-0.4, -0.2) is 17.9 Å². The van der Waals surface area contributed by atoms with E-state index in [4.69, 9.17) is 0 Å². The number of fused-ring (bicyclic) bond motifs is 1. The second-order valence-electron chi connectivity index (χ2n) is 5.71. The number of carbonyl (C=O) groups excluding carboxylic acids is 2. The monoisotopic (exact) mass is 294 g/mol. The van der Waals surface area contributed by atoms with Gasteiger partial charge in [-0.1, -0.05) is 36.4 Å². The van der Waals surface area contributed by atoms with Gasteiger partial charge in [-0.2, -0.15) is 0 Å². The van der Waals surface area contributed by atoms with E-state index in [0.29, 0.717) is 17.7 Å². The molecule has 2 aromatic rings. The molecule has 22 heavy (non-hydrogen) atoms. The molecule has 0 aromatic heterocycles. The van der Waals surface area contributed by atoms with Crippen LogP contribution in [0.25, 0.3) is 0 Å². The molecule has 2 amide bonds. The lowest BCUT2D eigenvalue weighted by atomic mass is 10.0. The second-order valence-corrected chi connectivity index (χ2v) is 5.71. The van der Waals surface area contributed by atoms with Gasteiger partial charge in [0.1, 0.15) is 6.04 Å². The number of amides is 2. The zero-order valence-corrected chi connectivity index (χ0v) is 12.6. The molecule has 0 spiro atoms. The van der Waals surface area contributed by atoms with E-state index in [1.165, 1.54) is 0 Å². The number of rotatable bonds is 2. The van der Waals surface area contributed by atoms with E-state index < -0.39 is 6.04 Å². The first kappa shape index (κ1) is 14.3. The number of hydrogen-bond acceptors (Lipinski definition) is 2. The summed E-state index contributed by atoms with van der Waals surface area (Å²) < 4.78 is 0. The Morgan fingerprint density at radius 3 is 2.50 bits per heavy atom. The predicted molar refractivity (Wildman–Crippen MR) is 85.9 cm³/mol. The van der Waals surface area contributed by atoms with Crippen molar-refractivity contribution in [1.29, 1.82) is 0 Å². The van der Waals surface area contributed by atoms with Crippen molar-refractivity contribution < 1.29 is 9.59 Å². The molecule has 0 bridgehead atoms. The SMILES string of the molecule is Cc1cc(C)c2c(c1)NC(=O)C(Cc1ccccc1)NC2=O. The largest absolute Gasteiger partial charge is 0.340 e. The standard InChI is InChI=1S/C18H18N2O2/c1-11-8-12(2)16-14(9-11)19-17(21)15(20-18(16)22)10-13-6-4-3-5-7-13/h3-9,15H,10H2,1-2H3,(H,19,21)(H,20,22). The molecule has 1 aliphatic rings. The van der Waals surface area contributed by atoms with Gasteiger partial charge in [0.2, 0.25) is 5.91 Å². The van der Waals surface area contributed by atoms with E-state index in [1.807, 2.05) is 56.3 Å². The molecule has 112 valence electrons. The molecule has 4 nitrogen and oxygen atoms in total. The number of nitrogens with one attached hydrogen (secondary N) is 2. The zero-order chi connectivity index (χ0) is 15.7. The van der Waals surface area contributed by atoms with Crippen LogP contribution in [0.15, 0.2) is 42.5 Å². The van der Waals surface area contributed by atoms with Crippen LogP contribution in [0.2, 0.25) is 0 Å². The van der Waals surface area contributed by atoms with Crippen molar-refractivity contribution in [3.63, 3.8) is 0 Å². The Balaban J connectivity index is 1.92. The molecule has 0 fully saturated rings. The van der Waals surface area contributed by atoms with Gasteiger partial charge in [0.15, 0.2) is 0 Å². The van der Waals surface area contributed by atoms with Gasteiger partial charge in [-0.15, -0.1) is 0 Å². The molecular weight excluding hydrogens is 276 g/mol. The maximum atomic E-state index is 12.5. The predicted octanol–water partition coefficient (Wildman–Crippen LogP) is 2.60. The number of anilines is 1. The van der Waals surface area contributed by atoms with Gasteiger partial charge in [-0.05, 0) is 36.6 Å². The summed E-state index contributed by atoms with van der Waals surface area (Å²) in [6, 6.07) is 12.9. The van der Waals surface area contributed by atoms with Crippen LogP contribution >= 0.6 is 0 Å². The van der Waals surface area contributed by atoms with Gasteiger partial charge in [0.05, 0.1) is 11.3 Å². The fourth-order valence-electron chi connectivity index (χ4n) is 2.88. The highest BCUT2D eigenvalue weighted by Gasteiger charge is 2.29. The molecule has 2 aromatic carbocycles. The van der Waals surface area contributed by atoms with E-state index in [2.05, 4.69) is 10.6 Å². The average molecular weight is 294 g/mol. The summed E-state index contributed by atoms with van der Waals surface area (Å²) in [6.07, 6.45) is 0.477. The van der Waals surface area contributed by atoms with Crippen molar-refractivity contribution >= 4 is 17.5 Å². The Morgan fingerprint density at radius 1 is 1.05 bits per heavy atom. The third-order valence-electron chi connectivity index (χ3n) is 3.87. The van der Waals surface area contributed by atoms with Crippen LogP contribution in [-0.2, 0) is 11.2 Å². The van der Waals surface area contributed by atoms with Crippen LogP contribution in [0.5, 0.6) is 0 Å². The minimum Gasteiger partial charge on any atom is -0.340 e. The summed E-state index contributed by atoms with van der Waals surface area (Å²) in [7, 11) is 0. The third kappa shape index (κ3) is 2.72. The molecule has 2 N–H and O–H groups in total. The molecule has 0 saturated heterocycles. The summed E-state index contributed by atoms with van der Waals surface area (Å²) in [4.78, 5) is 24.9. The van der Waals surface area contributed by atoms with E-state index in [0.717, 1.165) is 16.7 Å². The van der Waals surface area contributed by atoms with Gasteiger partial charge in [-0.25, -0.2) is 0 Å². The van der Waals surface area contributed by atoms with E-state index >= 15 is 0 Å². The highest BCUT2D eigenvalue weighted by atomic mass is 16.2. The van der Waals surface area contributed by atoms with E-state index in [-0.39, 0.29) is 11.8 Å². The van der Waals surface area contributed by atoms with Crippen LogP contribution in [0.4, 0.5) is 5.69 Å². The minimum atomic E-state index is -0.568. The van der Waals surface area contributed by atoms with Gasteiger partial charge < -0.3 is 10.6 Å². The first-order chi connectivity index (χ1) is 10.5. The van der Waals surface area contributed by atoms with Gasteiger partial charge in [-0.3, -0.25) is 9.59 Å². The Labute approximate surface area is 129 Å². The summed E-state index contributed by atoms with van der Waals surface area (Å²) in [5.74, 6) is -0.382. The normalized spacial score (nSPS) is 17.3. The summed E-state index contributed by atoms with van der Waals surface area (Å²) in [5.41, 5.74) is 4.05. The fourth-order valence-corrected chi connectivity index (χ4v) is 2.88. The molecule has 1 aliphatic heterocycles. The third-order valence-corrected chi connectivity index (χ3v) is 3.87. The highest BCUT2D eigenvalue weighted by Crippen LogP contribution is 2.24. The maximum absolute atomic E-state index is 12.5. The smallest absolute Gasteiger partial charge is 0.254 e. The second kappa shape index (κ2) is 5.64. The average Bonchev–Trinajstić information content (AvgIpc) is 2.57. The number of benzene rings is 2. The van der Waals surface area contributed by atoms with Crippen LogP contribution < -0.4 is 10.6 Å². The molecule has 1 heterocycles. The first-order valence-electron chi connectivity index (χ1n) is 7.31. The Bertz CT molecular complexity index is 738. The lowest BCUT2D eigenvalue weighted by molar-refractivity contribution is -0.117. The highest BCUT2D eigenvalue weighted by molar-refractivity contribution is 6.10. The first-order valence-corrected chi connectivity index (χ1v) is 7.31. The Morgan fingerprint density at radius 2 is 1.77 bits per heavy atom. The zero-order valence-electron chi connectivity index (χ0n) is 12.6. The topological polar surface area (TPSA) is 58.2 Å². The molecule has 1 unspecified atom stereocenters. The van der Waals surface area contributed by atoms with E-state index in [9.17, 15) is 9.59 Å². The number of hydrogen-bond donors (Lipinski definition) is 2. The lowest BCUT2D eigenvalue weighted by Gasteiger charge is -2.14. The molecule has 3 rings (SSSR count). The number of aryl methyl sites for hydroxylation is 2. The van der Waals surface area contributed by atoms with E-state index in [1.54, 1.807) is 0 Å². The van der Waals surface area contributed by atoms with Gasteiger partial charge in [0.25, 0.3) is 5.91 Å². The van der Waals surface area contributed by atoms with Gasteiger partial charge >= 0.3 is 0 Å². The summed E-state index contributed by atoms with van der Waals surface area (Å²) in [6.45, 7) is 3.83. The Kier molecular flexibility index (Phi) is 3.67. The molecule has 4 heteroatoms. The molecule has 0 aliphatic carbocycles. The molecular formula is C18H18N2O2. The number of carbonyl (C=O) groups is 2. The fraction of sp³-hybridized carbons (Fsp3) is 0.222. The quantitative estimate of drug-likeness (QED) is 0.894. The van der Waals surface area contributed by atoms with Crippen molar-refractivity contribution in [2.45, 2.75) is 26.3 Å². The maximum Gasteiger partial charge on any atom is 0.254 e. The summed E-state index contributed by atoms with van der Waals surface area (Å²) in [5, 5.41) is 5.73. The van der Waals surface area contributed by atoms with Crippen LogP contribution in [0.3, 0.4) is 0 Å². The van der Waals surface area contributed by atoms with Crippen molar-refractivity contribution in [1.82, 2.24) is 5.32 Å². The van der Waals surface area contributed by atoms with Crippen LogP contribution in [0, 0.1) is 13.8 Å². The van der Waals surface area contributed by atoms with Crippen LogP contribution in [0.1, 0.15) is 27.0 Å². The minimum absolute atomic E-state index is 0.180. The van der Waals surface area contributed by atoms with Crippen molar-refractivity contribution in [2.75, 3.05) is 5.32 Å². The molecule has 0 radical (unpaired) electrons. The molecule has 1 atom stereocenters. The summed E-state index contributed by atoms with van der Waals surface area (Å²) >= 11 is 0. The van der Waals surface area contributed by atoms with Crippen molar-refractivity contribution in [3.8, 4) is 0 Å². The molecule has 0 saturated carbocycles. The Hall–Kier alpha value is -2.62. The van der Waals surface area contributed by atoms with Crippen molar-refractivity contribution in [2.24, 2.45) is 0 Å². The van der Waals surface area contributed by atoms with Crippen molar-refractivity contribution in [3.05, 3.63) is 64.7 Å². The van der Waals surface area contributed by atoms with Gasteiger partial charge in [0, 0.05) is 6.42 Å².